The minimum Gasteiger partial charge on any atom is -0.494 e. The number of hydrogen-bond donors (Lipinski definition) is 1. The standard InChI is InChI=1S/C26H30N4O5S2/c1-4-35-20-5-7-22-24(15-20)36-26(27-22)28-25(32)18-9-11-29(12-10-18)37(33,34)21-6-8-23-19(14-21)13-16(2)30(23)17(3)31/h5-8,14-16,18H,4,9-13H2,1-3H3,(H,27,28,32)/t16-/m0/s1. The van der Waals surface area contributed by atoms with Crippen molar-refractivity contribution in [2.24, 2.45) is 5.92 Å². The average Bonchev–Trinajstić information content (AvgIpc) is 3.42. The molecular weight excluding hydrogens is 512 g/mol. The molecule has 2 aliphatic heterocycles. The van der Waals surface area contributed by atoms with Crippen molar-refractivity contribution in [2.45, 2.75) is 51.0 Å². The molecule has 3 heterocycles. The Kier molecular flexibility index (Phi) is 6.95. The number of amides is 2. The van der Waals surface area contributed by atoms with Gasteiger partial charge in [0.2, 0.25) is 21.8 Å². The Hall–Kier alpha value is -3.02. The molecule has 1 fully saturated rings. The van der Waals surface area contributed by atoms with Crippen molar-refractivity contribution in [1.82, 2.24) is 9.29 Å². The van der Waals surface area contributed by atoms with Crippen molar-refractivity contribution >= 4 is 54.2 Å². The molecule has 196 valence electrons. The molecule has 0 unspecified atom stereocenters. The second kappa shape index (κ2) is 10.0. The Labute approximate surface area is 220 Å². The number of anilines is 2. The van der Waals surface area contributed by atoms with Crippen LogP contribution in [0.2, 0.25) is 0 Å². The number of aromatic nitrogens is 1. The second-order valence-electron chi connectivity index (χ2n) is 9.48. The smallest absolute Gasteiger partial charge is 0.243 e. The number of fused-ring (bicyclic) bond motifs is 2. The van der Waals surface area contributed by atoms with Crippen LogP contribution in [0.15, 0.2) is 41.3 Å². The molecule has 3 aromatic rings. The first kappa shape index (κ1) is 25.6. The van der Waals surface area contributed by atoms with E-state index in [1.165, 1.54) is 22.6 Å². The topological polar surface area (TPSA) is 109 Å². The molecule has 1 aromatic heterocycles. The fourth-order valence-corrected chi connectivity index (χ4v) is 7.60. The van der Waals surface area contributed by atoms with Gasteiger partial charge in [0.05, 0.1) is 21.7 Å². The Balaban J connectivity index is 1.22. The highest BCUT2D eigenvalue weighted by molar-refractivity contribution is 7.89. The van der Waals surface area contributed by atoms with E-state index in [4.69, 9.17) is 4.74 Å². The van der Waals surface area contributed by atoms with Crippen LogP contribution in [-0.2, 0) is 26.0 Å². The lowest BCUT2D eigenvalue weighted by Gasteiger charge is -2.30. The number of ether oxygens (including phenoxy) is 1. The summed E-state index contributed by atoms with van der Waals surface area (Å²) in [5.41, 5.74) is 2.43. The number of piperidine rings is 1. The molecule has 0 aliphatic carbocycles. The molecule has 0 bridgehead atoms. The quantitative estimate of drug-likeness (QED) is 0.504. The van der Waals surface area contributed by atoms with Crippen LogP contribution in [0.1, 0.15) is 39.2 Å². The second-order valence-corrected chi connectivity index (χ2v) is 12.5. The number of hydrogen-bond acceptors (Lipinski definition) is 7. The van der Waals surface area contributed by atoms with Crippen LogP contribution >= 0.6 is 11.3 Å². The Morgan fingerprint density at radius 2 is 1.92 bits per heavy atom. The van der Waals surface area contributed by atoms with Crippen LogP contribution in [0.4, 0.5) is 10.8 Å². The lowest BCUT2D eigenvalue weighted by atomic mass is 9.97. The Morgan fingerprint density at radius 1 is 1.16 bits per heavy atom. The van der Waals surface area contributed by atoms with E-state index in [2.05, 4.69) is 10.3 Å². The van der Waals surface area contributed by atoms with Gasteiger partial charge in [-0.25, -0.2) is 13.4 Å². The van der Waals surface area contributed by atoms with Gasteiger partial charge in [0, 0.05) is 37.7 Å². The predicted octanol–water partition coefficient (Wildman–Crippen LogP) is 4.03. The van der Waals surface area contributed by atoms with Crippen molar-refractivity contribution in [2.75, 3.05) is 29.9 Å². The van der Waals surface area contributed by atoms with Crippen molar-refractivity contribution in [3.63, 3.8) is 0 Å². The van der Waals surface area contributed by atoms with E-state index in [9.17, 15) is 18.0 Å². The van der Waals surface area contributed by atoms with E-state index in [0.29, 0.717) is 31.0 Å². The summed E-state index contributed by atoms with van der Waals surface area (Å²) >= 11 is 1.39. The van der Waals surface area contributed by atoms with Crippen LogP contribution in [0, 0.1) is 5.92 Å². The maximum Gasteiger partial charge on any atom is 0.243 e. The third-order valence-electron chi connectivity index (χ3n) is 6.97. The SMILES string of the molecule is CCOc1ccc2nc(NC(=O)C3CCN(S(=O)(=O)c4ccc5c(c4)C[C@H](C)N5C(C)=O)CC3)sc2c1. The third-order valence-corrected chi connectivity index (χ3v) is 9.80. The van der Waals surface area contributed by atoms with Crippen molar-refractivity contribution < 1.29 is 22.7 Å². The van der Waals surface area contributed by atoms with Crippen LogP contribution in [-0.4, -0.2) is 55.3 Å². The van der Waals surface area contributed by atoms with Crippen molar-refractivity contribution in [3.05, 3.63) is 42.0 Å². The van der Waals surface area contributed by atoms with Gasteiger partial charge >= 0.3 is 0 Å². The van der Waals surface area contributed by atoms with E-state index in [1.807, 2.05) is 32.0 Å². The van der Waals surface area contributed by atoms with E-state index in [-0.39, 0.29) is 41.8 Å². The maximum absolute atomic E-state index is 13.4. The largest absolute Gasteiger partial charge is 0.494 e. The molecule has 1 saturated heterocycles. The highest BCUT2D eigenvalue weighted by atomic mass is 32.2. The first-order valence-electron chi connectivity index (χ1n) is 12.4. The average molecular weight is 543 g/mol. The highest BCUT2D eigenvalue weighted by Gasteiger charge is 2.35. The number of nitrogens with one attached hydrogen (secondary N) is 1. The predicted molar refractivity (Wildman–Crippen MR) is 144 cm³/mol. The molecule has 2 aromatic carbocycles. The molecule has 2 amide bonds. The minimum absolute atomic E-state index is 0.00173. The lowest BCUT2D eigenvalue weighted by molar-refractivity contribution is -0.121. The van der Waals surface area contributed by atoms with Gasteiger partial charge in [0.25, 0.3) is 0 Å². The first-order chi connectivity index (χ1) is 17.7. The molecule has 1 atom stereocenters. The summed E-state index contributed by atoms with van der Waals surface area (Å²) in [6.07, 6.45) is 1.49. The van der Waals surface area contributed by atoms with E-state index in [1.54, 1.807) is 23.1 Å². The van der Waals surface area contributed by atoms with Gasteiger partial charge in [-0.3, -0.25) is 9.59 Å². The zero-order valence-corrected chi connectivity index (χ0v) is 22.7. The summed E-state index contributed by atoms with van der Waals surface area (Å²) in [7, 11) is -3.70. The van der Waals surface area contributed by atoms with Crippen LogP contribution in [0.3, 0.4) is 0 Å². The van der Waals surface area contributed by atoms with Gasteiger partial charge in [-0.15, -0.1) is 0 Å². The highest BCUT2D eigenvalue weighted by Crippen LogP contribution is 2.35. The molecule has 0 saturated carbocycles. The van der Waals surface area contributed by atoms with Crippen LogP contribution in [0.25, 0.3) is 10.2 Å². The summed E-state index contributed by atoms with van der Waals surface area (Å²) in [5.74, 6) is 0.280. The van der Waals surface area contributed by atoms with E-state index >= 15 is 0 Å². The van der Waals surface area contributed by atoms with Crippen LogP contribution in [0.5, 0.6) is 5.75 Å². The van der Waals surface area contributed by atoms with Gasteiger partial charge in [-0.05, 0) is 75.1 Å². The molecule has 9 nitrogen and oxygen atoms in total. The Morgan fingerprint density at radius 3 is 2.62 bits per heavy atom. The number of carbonyl (C=O) groups is 2. The fourth-order valence-electron chi connectivity index (χ4n) is 5.18. The van der Waals surface area contributed by atoms with Crippen LogP contribution < -0.4 is 15.0 Å². The maximum atomic E-state index is 13.4. The summed E-state index contributed by atoms with van der Waals surface area (Å²) in [4.78, 5) is 31.3. The summed E-state index contributed by atoms with van der Waals surface area (Å²) in [6, 6.07) is 10.6. The molecule has 5 rings (SSSR count). The number of rotatable bonds is 6. The van der Waals surface area contributed by atoms with Crippen molar-refractivity contribution in [3.8, 4) is 5.75 Å². The van der Waals surface area contributed by atoms with Gasteiger partial charge in [0.15, 0.2) is 5.13 Å². The molecule has 2 aliphatic rings. The van der Waals surface area contributed by atoms with Gasteiger partial charge in [-0.1, -0.05) is 11.3 Å². The third kappa shape index (κ3) is 4.95. The summed E-state index contributed by atoms with van der Waals surface area (Å²) in [5, 5.41) is 3.43. The van der Waals surface area contributed by atoms with E-state index < -0.39 is 10.0 Å². The Bertz CT molecular complexity index is 1460. The van der Waals surface area contributed by atoms with Crippen molar-refractivity contribution in [1.29, 1.82) is 0 Å². The van der Waals surface area contributed by atoms with Gasteiger partial charge in [0.1, 0.15) is 5.75 Å². The molecule has 0 spiro atoms. The lowest BCUT2D eigenvalue weighted by Crippen LogP contribution is -2.41. The summed E-state index contributed by atoms with van der Waals surface area (Å²) in [6.45, 7) is 6.51. The zero-order valence-electron chi connectivity index (χ0n) is 21.1. The number of thiazole rings is 1. The van der Waals surface area contributed by atoms with Gasteiger partial charge in [-0.2, -0.15) is 4.31 Å². The monoisotopic (exact) mass is 542 g/mol. The number of sulfonamides is 1. The normalized spacial score (nSPS) is 18.7. The molecule has 1 N–H and O–H groups in total. The molecular formula is C26H30N4O5S2. The number of carbonyl (C=O) groups excluding carboxylic acids is 2. The fraction of sp³-hybridized carbons (Fsp3) is 0.423. The minimum atomic E-state index is -3.70. The van der Waals surface area contributed by atoms with E-state index in [0.717, 1.165) is 27.2 Å². The van der Waals surface area contributed by atoms with Gasteiger partial charge < -0.3 is 15.0 Å². The number of nitrogens with zero attached hydrogens (tertiary/aromatic N) is 3. The molecule has 11 heteroatoms. The number of benzene rings is 2. The summed E-state index contributed by atoms with van der Waals surface area (Å²) < 4.78 is 34.6. The molecule has 0 radical (unpaired) electrons. The first-order valence-corrected chi connectivity index (χ1v) is 14.7. The zero-order chi connectivity index (χ0) is 26.3. The molecule has 37 heavy (non-hydrogen) atoms.